The summed E-state index contributed by atoms with van der Waals surface area (Å²) in [6.07, 6.45) is -3.44. The number of hydrogen-bond acceptors (Lipinski definition) is 2. The highest BCUT2D eigenvalue weighted by Gasteiger charge is 2.50. The van der Waals surface area contributed by atoms with Crippen molar-refractivity contribution in [3.05, 3.63) is 16.4 Å². The molecule has 2 N–H and O–H groups in total. The molecule has 2 rings (SSSR count). The SMILES string of the molecule is Cn1nc(Cl)c(C2(N)CC2)c1C(F)(F)F. The second-order valence-electron chi connectivity index (χ2n) is 3.79. The zero-order valence-electron chi connectivity index (χ0n) is 7.90. The lowest BCUT2D eigenvalue weighted by Crippen LogP contribution is -2.24. The summed E-state index contributed by atoms with van der Waals surface area (Å²) >= 11 is 5.67. The summed E-state index contributed by atoms with van der Waals surface area (Å²) in [6, 6.07) is 0. The number of halogens is 4. The Bertz CT molecular complexity index is 380. The van der Waals surface area contributed by atoms with E-state index in [1.807, 2.05) is 0 Å². The van der Waals surface area contributed by atoms with Gasteiger partial charge in [0.25, 0.3) is 0 Å². The minimum atomic E-state index is -4.47. The van der Waals surface area contributed by atoms with Crippen molar-refractivity contribution in [3.8, 4) is 0 Å². The van der Waals surface area contributed by atoms with Gasteiger partial charge in [-0.1, -0.05) is 11.6 Å². The first-order valence-electron chi connectivity index (χ1n) is 4.35. The van der Waals surface area contributed by atoms with E-state index in [1.165, 1.54) is 7.05 Å². The van der Waals surface area contributed by atoms with Gasteiger partial charge in [0.15, 0.2) is 5.15 Å². The first-order chi connectivity index (χ1) is 6.76. The van der Waals surface area contributed by atoms with Crippen LogP contribution in [-0.4, -0.2) is 9.78 Å². The minimum Gasteiger partial charge on any atom is -0.321 e. The van der Waals surface area contributed by atoms with Crippen LogP contribution in [0.25, 0.3) is 0 Å². The Morgan fingerprint density at radius 2 is 2.00 bits per heavy atom. The van der Waals surface area contributed by atoms with Crippen LogP contribution in [0.3, 0.4) is 0 Å². The highest BCUT2D eigenvalue weighted by Crippen LogP contribution is 2.50. The minimum absolute atomic E-state index is 0.0702. The highest BCUT2D eigenvalue weighted by molar-refractivity contribution is 6.30. The Labute approximate surface area is 89.0 Å². The van der Waals surface area contributed by atoms with Gasteiger partial charge in [-0.2, -0.15) is 18.3 Å². The van der Waals surface area contributed by atoms with E-state index < -0.39 is 17.4 Å². The van der Waals surface area contributed by atoms with E-state index in [0.29, 0.717) is 12.8 Å². The maximum atomic E-state index is 12.7. The van der Waals surface area contributed by atoms with Crippen LogP contribution in [0.1, 0.15) is 24.1 Å². The molecule has 1 heterocycles. The van der Waals surface area contributed by atoms with Crippen LogP contribution < -0.4 is 5.73 Å². The van der Waals surface area contributed by atoms with E-state index in [2.05, 4.69) is 5.10 Å². The predicted octanol–water partition coefficient (Wildman–Crippen LogP) is 2.04. The topological polar surface area (TPSA) is 43.8 Å². The van der Waals surface area contributed by atoms with Crippen molar-refractivity contribution in [3.63, 3.8) is 0 Å². The molecule has 0 unspecified atom stereocenters. The monoisotopic (exact) mass is 239 g/mol. The number of aromatic nitrogens is 2. The van der Waals surface area contributed by atoms with Crippen molar-refractivity contribution in [1.29, 1.82) is 0 Å². The van der Waals surface area contributed by atoms with Crippen molar-refractivity contribution in [2.45, 2.75) is 24.6 Å². The first kappa shape index (κ1) is 10.8. The van der Waals surface area contributed by atoms with E-state index in [0.717, 1.165) is 4.68 Å². The molecule has 0 atom stereocenters. The molecule has 0 aliphatic heterocycles. The van der Waals surface area contributed by atoms with E-state index in [9.17, 15) is 13.2 Å². The fourth-order valence-corrected chi connectivity index (χ4v) is 2.03. The van der Waals surface area contributed by atoms with Gasteiger partial charge in [-0.25, -0.2) is 0 Å². The lowest BCUT2D eigenvalue weighted by molar-refractivity contribution is -0.144. The van der Waals surface area contributed by atoms with Gasteiger partial charge in [-0.15, -0.1) is 0 Å². The Morgan fingerprint density at radius 1 is 1.47 bits per heavy atom. The summed E-state index contributed by atoms with van der Waals surface area (Å²) in [7, 11) is 1.21. The molecule has 0 saturated heterocycles. The molecule has 1 aliphatic rings. The van der Waals surface area contributed by atoms with Crippen molar-refractivity contribution in [2.75, 3.05) is 0 Å². The summed E-state index contributed by atoms with van der Waals surface area (Å²) in [6.45, 7) is 0. The third-order valence-corrected chi connectivity index (χ3v) is 2.82. The number of alkyl halides is 3. The summed E-state index contributed by atoms with van der Waals surface area (Å²) in [4.78, 5) is 0. The first-order valence-corrected chi connectivity index (χ1v) is 4.72. The molecular formula is C8H9ClF3N3. The van der Waals surface area contributed by atoms with Crippen LogP contribution >= 0.6 is 11.6 Å². The summed E-state index contributed by atoms with van der Waals surface area (Å²) in [5.74, 6) is 0. The maximum Gasteiger partial charge on any atom is 0.433 e. The molecule has 0 aromatic carbocycles. The molecule has 1 fully saturated rings. The second kappa shape index (κ2) is 2.89. The lowest BCUT2D eigenvalue weighted by atomic mass is 10.1. The molecule has 7 heteroatoms. The lowest BCUT2D eigenvalue weighted by Gasteiger charge is -2.13. The number of aryl methyl sites for hydroxylation is 1. The third-order valence-electron chi connectivity index (χ3n) is 2.56. The van der Waals surface area contributed by atoms with Gasteiger partial charge in [-0.3, -0.25) is 4.68 Å². The molecule has 0 radical (unpaired) electrons. The average Bonchev–Trinajstić information content (AvgIpc) is 2.68. The van der Waals surface area contributed by atoms with Crippen LogP contribution in [0, 0.1) is 0 Å². The molecule has 0 bridgehead atoms. The summed E-state index contributed by atoms with van der Waals surface area (Å²) < 4.78 is 38.9. The molecule has 0 amide bonds. The third kappa shape index (κ3) is 1.61. The molecule has 1 saturated carbocycles. The van der Waals surface area contributed by atoms with Crippen molar-refractivity contribution in [1.82, 2.24) is 9.78 Å². The molecule has 1 aliphatic carbocycles. The van der Waals surface area contributed by atoms with Gasteiger partial charge >= 0.3 is 6.18 Å². The fraction of sp³-hybridized carbons (Fsp3) is 0.625. The van der Waals surface area contributed by atoms with Gasteiger partial charge < -0.3 is 5.73 Å². The summed E-state index contributed by atoms with van der Waals surface area (Å²) in [5.41, 5.74) is 3.90. The van der Waals surface area contributed by atoms with Gasteiger partial charge in [0.1, 0.15) is 5.69 Å². The second-order valence-corrected chi connectivity index (χ2v) is 4.15. The Kier molecular flexibility index (Phi) is 2.07. The zero-order valence-corrected chi connectivity index (χ0v) is 8.65. The van der Waals surface area contributed by atoms with E-state index >= 15 is 0 Å². The van der Waals surface area contributed by atoms with Gasteiger partial charge in [0.2, 0.25) is 0 Å². The van der Waals surface area contributed by atoms with Crippen LogP contribution in [0.15, 0.2) is 0 Å². The number of rotatable bonds is 1. The highest BCUT2D eigenvalue weighted by atomic mass is 35.5. The van der Waals surface area contributed by atoms with Crippen molar-refractivity contribution in [2.24, 2.45) is 12.8 Å². The molecule has 15 heavy (non-hydrogen) atoms. The van der Waals surface area contributed by atoms with E-state index in [1.54, 1.807) is 0 Å². The molecule has 1 aromatic rings. The van der Waals surface area contributed by atoms with E-state index in [4.69, 9.17) is 17.3 Å². The molecule has 3 nitrogen and oxygen atoms in total. The fourth-order valence-electron chi connectivity index (χ4n) is 1.64. The Balaban J connectivity index is 2.62. The van der Waals surface area contributed by atoms with E-state index in [-0.39, 0.29) is 10.7 Å². The number of nitrogens with zero attached hydrogens (tertiary/aromatic N) is 2. The van der Waals surface area contributed by atoms with Gasteiger partial charge in [0, 0.05) is 18.2 Å². The van der Waals surface area contributed by atoms with Crippen LogP contribution in [0.4, 0.5) is 13.2 Å². The number of nitrogens with two attached hydrogens (primary N) is 1. The standard InChI is InChI=1S/C8H9ClF3N3/c1-15-5(8(10,11)12)4(6(9)14-15)7(13)2-3-7/h2-3,13H2,1H3. The zero-order chi connectivity index (χ0) is 11.4. The summed E-state index contributed by atoms with van der Waals surface area (Å²) in [5, 5.41) is 3.42. The maximum absolute atomic E-state index is 12.7. The Morgan fingerprint density at radius 3 is 2.40 bits per heavy atom. The Hall–Kier alpha value is -0.750. The smallest absolute Gasteiger partial charge is 0.321 e. The normalized spacial score (nSPS) is 19.3. The van der Waals surface area contributed by atoms with Gasteiger partial charge in [-0.05, 0) is 12.8 Å². The van der Waals surface area contributed by atoms with Crippen LogP contribution in [0.5, 0.6) is 0 Å². The predicted molar refractivity (Wildman–Crippen MR) is 48.3 cm³/mol. The molecular weight excluding hydrogens is 231 g/mol. The van der Waals surface area contributed by atoms with Crippen LogP contribution in [-0.2, 0) is 18.8 Å². The molecule has 84 valence electrons. The van der Waals surface area contributed by atoms with Crippen molar-refractivity contribution < 1.29 is 13.2 Å². The van der Waals surface area contributed by atoms with Crippen LogP contribution in [0.2, 0.25) is 5.15 Å². The quantitative estimate of drug-likeness (QED) is 0.815. The van der Waals surface area contributed by atoms with Crippen molar-refractivity contribution >= 4 is 11.6 Å². The average molecular weight is 240 g/mol. The molecule has 0 spiro atoms. The molecule has 1 aromatic heterocycles. The number of hydrogen-bond donors (Lipinski definition) is 1. The van der Waals surface area contributed by atoms with Gasteiger partial charge in [0.05, 0.1) is 0 Å². The largest absolute Gasteiger partial charge is 0.433 e.